The summed E-state index contributed by atoms with van der Waals surface area (Å²) in [5.74, 6) is 0.496. The highest BCUT2D eigenvalue weighted by molar-refractivity contribution is 5.77. The summed E-state index contributed by atoms with van der Waals surface area (Å²) in [7, 11) is 1.39. The smallest absolute Gasteiger partial charge is 0.405 e. The van der Waals surface area contributed by atoms with Gasteiger partial charge in [0.05, 0.1) is 0 Å². The number of oxazole rings is 1. The first-order valence-corrected chi connectivity index (χ1v) is 5.00. The van der Waals surface area contributed by atoms with E-state index in [0.717, 1.165) is 4.90 Å². The van der Waals surface area contributed by atoms with Gasteiger partial charge in [-0.05, 0) is 12.1 Å². The van der Waals surface area contributed by atoms with E-state index >= 15 is 0 Å². The van der Waals surface area contributed by atoms with E-state index in [1.807, 2.05) is 0 Å². The first kappa shape index (κ1) is 11.8. The van der Waals surface area contributed by atoms with Gasteiger partial charge in [-0.25, -0.2) is 4.98 Å². The lowest BCUT2D eigenvalue weighted by Gasteiger charge is -2.20. The highest BCUT2D eigenvalue weighted by Crippen LogP contribution is 2.24. The highest BCUT2D eigenvalue weighted by Gasteiger charge is 2.29. The highest BCUT2D eigenvalue weighted by atomic mass is 19.4. The number of fused-ring (bicyclic) bond motifs is 1. The van der Waals surface area contributed by atoms with Gasteiger partial charge in [-0.15, -0.1) is 0 Å². The molecule has 0 saturated heterocycles. The van der Waals surface area contributed by atoms with E-state index in [9.17, 15) is 13.2 Å². The van der Waals surface area contributed by atoms with Gasteiger partial charge in [0.2, 0.25) is 0 Å². The topological polar surface area (TPSA) is 29.3 Å². The SMILES string of the molecule is Cc1nc2ccc(N(C)CC(F)(F)F)cc2o1. The Morgan fingerprint density at radius 1 is 1.35 bits per heavy atom. The van der Waals surface area contributed by atoms with E-state index in [-0.39, 0.29) is 0 Å². The van der Waals surface area contributed by atoms with Gasteiger partial charge in [0.25, 0.3) is 0 Å². The van der Waals surface area contributed by atoms with Crippen molar-refractivity contribution in [2.24, 2.45) is 0 Å². The standard InChI is InChI=1S/C11H11F3N2O/c1-7-15-9-4-3-8(5-10(9)17-7)16(2)6-11(12,13)14/h3-5H,6H2,1-2H3. The van der Waals surface area contributed by atoms with Gasteiger partial charge in [-0.3, -0.25) is 0 Å². The molecule has 0 N–H and O–H groups in total. The van der Waals surface area contributed by atoms with Crippen LogP contribution in [-0.4, -0.2) is 24.8 Å². The lowest BCUT2D eigenvalue weighted by atomic mass is 10.2. The van der Waals surface area contributed by atoms with Crippen molar-refractivity contribution in [3.8, 4) is 0 Å². The van der Waals surface area contributed by atoms with Crippen molar-refractivity contribution in [2.75, 3.05) is 18.5 Å². The molecule has 2 aromatic rings. The number of rotatable bonds is 2. The predicted molar refractivity (Wildman–Crippen MR) is 58.1 cm³/mol. The second-order valence-corrected chi connectivity index (χ2v) is 3.86. The molecule has 0 saturated carbocycles. The first-order valence-electron chi connectivity index (χ1n) is 5.00. The number of hydrogen-bond acceptors (Lipinski definition) is 3. The largest absolute Gasteiger partial charge is 0.441 e. The van der Waals surface area contributed by atoms with E-state index in [1.54, 1.807) is 25.1 Å². The van der Waals surface area contributed by atoms with Gasteiger partial charge in [-0.1, -0.05) is 0 Å². The van der Waals surface area contributed by atoms with Crippen LogP contribution in [0, 0.1) is 6.92 Å². The number of alkyl halides is 3. The Labute approximate surface area is 95.8 Å². The van der Waals surface area contributed by atoms with Crippen molar-refractivity contribution in [1.29, 1.82) is 0 Å². The molecular formula is C11H11F3N2O. The van der Waals surface area contributed by atoms with Gasteiger partial charge in [-0.2, -0.15) is 13.2 Å². The molecule has 6 heteroatoms. The molecule has 2 rings (SSSR count). The Morgan fingerprint density at radius 3 is 2.71 bits per heavy atom. The Kier molecular flexibility index (Phi) is 2.73. The molecule has 1 aromatic heterocycles. The Bertz CT molecular complexity index is 533. The van der Waals surface area contributed by atoms with Crippen LogP contribution in [0.2, 0.25) is 0 Å². The Balaban J connectivity index is 2.29. The van der Waals surface area contributed by atoms with Gasteiger partial charge >= 0.3 is 6.18 Å². The zero-order valence-electron chi connectivity index (χ0n) is 9.38. The van der Waals surface area contributed by atoms with E-state index in [1.165, 1.54) is 7.05 Å². The van der Waals surface area contributed by atoms with Crippen LogP contribution in [0.5, 0.6) is 0 Å². The van der Waals surface area contributed by atoms with Crippen LogP contribution in [0.15, 0.2) is 22.6 Å². The quantitative estimate of drug-likeness (QED) is 0.812. The number of hydrogen-bond donors (Lipinski definition) is 0. The molecule has 0 fully saturated rings. The van der Waals surface area contributed by atoms with E-state index in [4.69, 9.17) is 4.42 Å². The van der Waals surface area contributed by atoms with Crippen LogP contribution in [-0.2, 0) is 0 Å². The molecule has 0 bridgehead atoms. The minimum atomic E-state index is -4.22. The van der Waals surface area contributed by atoms with Crippen molar-refractivity contribution in [1.82, 2.24) is 4.98 Å². The molecule has 92 valence electrons. The summed E-state index contributed by atoms with van der Waals surface area (Å²) in [6.07, 6.45) is -4.22. The fraction of sp³-hybridized carbons (Fsp3) is 0.364. The summed E-state index contributed by atoms with van der Waals surface area (Å²) < 4.78 is 42.0. The lowest BCUT2D eigenvalue weighted by Crippen LogP contribution is -2.30. The van der Waals surface area contributed by atoms with Gasteiger partial charge < -0.3 is 9.32 Å². The monoisotopic (exact) mass is 244 g/mol. The minimum Gasteiger partial charge on any atom is -0.441 e. The summed E-state index contributed by atoms with van der Waals surface area (Å²) in [6, 6.07) is 4.80. The molecule has 0 atom stereocenters. The number of aryl methyl sites for hydroxylation is 1. The van der Waals surface area contributed by atoms with E-state index < -0.39 is 12.7 Å². The summed E-state index contributed by atoms with van der Waals surface area (Å²) >= 11 is 0. The van der Waals surface area contributed by atoms with E-state index in [2.05, 4.69) is 4.98 Å². The maximum atomic E-state index is 12.2. The van der Waals surface area contributed by atoms with Crippen molar-refractivity contribution in [3.05, 3.63) is 24.1 Å². The van der Waals surface area contributed by atoms with Crippen molar-refractivity contribution < 1.29 is 17.6 Å². The zero-order chi connectivity index (χ0) is 12.6. The van der Waals surface area contributed by atoms with Crippen LogP contribution in [0.25, 0.3) is 11.1 Å². The van der Waals surface area contributed by atoms with Crippen LogP contribution in [0.4, 0.5) is 18.9 Å². The number of halogens is 3. The average molecular weight is 244 g/mol. The number of nitrogens with zero attached hydrogens (tertiary/aromatic N) is 2. The first-order chi connectivity index (χ1) is 7.85. The Hall–Kier alpha value is -1.72. The lowest BCUT2D eigenvalue weighted by molar-refractivity contribution is -0.119. The molecule has 0 aliphatic carbocycles. The summed E-state index contributed by atoms with van der Waals surface area (Å²) in [6.45, 7) is 0.699. The van der Waals surface area contributed by atoms with Crippen molar-refractivity contribution >= 4 is 16.8 Å². The molecule has 0 spiro atoms. The molecule has 17 heavy (non-hydrogen) atoms. The third-order valence-electron chi connectivity index (χ3n) is 2.34. The molecule has 1 heterocycles. The molecule has 0 amide bonds. The molecule has 0 unspecified atom stereocenters. The third kappa shape index (κ3) is 2.69. The molecule has 0 aliphatic heterocycles. The molecule has 0 aliphatic rings. The van der Waals surface area contributed by atoms with Crippen LogP contribution >= 0.6 is 0 Å². The normalized spacial score (nSPS) is 12.1. The zero-order valence-corrected chi connectivity index (χ0v) is 9.38. The summed E-state index contributed by atoms with van der Waals surface area (Å²) in [4.78, 5) is 5.20. The maximum Gasteiger partial charge on any atom is 0.405 e. The minimum absolute atomic E-state index is 0.450. The molecule has 3 nitrogen and oxygen atoms in total. The van der Waals surface area contributed by atoms with Gasteiger partial charge in [0, 0.05) is 25.7 Å². The second kappa shape index (κ2) is 3.94. The molecular weight excluding hydrogens is 233 g/mol. The van der Waals surface area contributed by atoms with Crippen molar-refractivity contribution in [2.45, 2.75) is 13.1 Å². The number of benzene rings is 1. The van der Waals surface area contributed by atoms with Gasteiger partial charge in [0.15, 0.2) is 11.5 Å². The third-order valence-corrected chi connectivity index (χ3v) is 2.34. The summed E-state index contributed by atoms with van der Waals surface area (Å²) in [5.41, 5.74) is 1.59. The predicted octanol–water partition coefficient (Wildman–Crippen LogP) is 3.13. The van der Waals surface area contributed by atoms with E-state index in [0.29, 0.717) is 22.7 Å². The second-order valence-electron chi connectivity index (χ2n) is 3.86. The van der Waals surface area contributed by atoms with Crippen molar-refractivity contribution in [3.63, 3.8) is 0 Å². The average Bonchev–Trinajstić information content (AvgIpc) is 2.53. The summed E-state index contributed by atoms with van der Waals surface area (Å²) in [5, 5.41) is 0. The number of aromatic nitrogens is 1. The van der Waals surface area contributed by atoms with Crippen LogP contribution in [0.3, 0.4) is 0 Å². The van der Waals surface area contributed by atoms with Crippen LogP contribution < -0.4 is 4.90 Å². The van der Waals surface area contributed by atoms with Crippen LogP contribution in [0.1, 0.15) is 5.89 Å². The molecule has 0 radical (unpaired) electrons. The number of anilines is 1. The molecule has 1 aromatic carbocycles. The fourth-order valence-electron chi connectivity index (χ4n) is 1.63. The maximum absolute atomic E-state index is 12.2. The Morgan fingerprint density at radius 2 is 2.06 bits per heavy atom. The van der Waals surface area contributed by atoms with Gasteiger partial charge in [0.1, 0.15) is 12.1 Å². The fourth-order valence-corrected chi connectivity index (χ4v) is 1.63.